The molecule has 0 spiro atoms. The molecule has 0 fully saturated rings. The molecular formula is C15H23NO4S. The van der Waals surface area contributed by atoms with Crippen LogP contribution in [0.4, 0.5) is 0 Å². The van der Waals surface area contributed by atoms with Crippen LogP contribution in [-0.4, -0.2) is 36.4 Å². The number of aryl methyl sites for hydroxylation is 1. The molecule has 0 saturated heterocycles. The third-order valence-electron chi connectivity index (χ3n) is 4.22. The maximum Gasteiger partial charge on any atom is 0.335 e. The summed E-state index contributed by atoms with van der Waals surface area (Å²) in [6.45, 7) is 9.01. The zero-order valence-corrected chi connectivity index (χ0v) is 14.2. The van der Waals surface area contributed by atoms with Gasteiger partial charge in [0.15, 0.2) is 0 Å². The molecule has 0 saturated carbocycles. The second-order valence-corrected chi connectivity index (χ2v) is 7.80. The lowest BCUT2D eigenvalue weighted by Gasteiger charge is -2.34. The van der Waals surface area contributed by atoms with Crippen LogP contribution in [0.25, 0.3) is 0 Å². The van der Waals surface area contributed by atoms with Gasteiger partial charge in [-0.05, 0) is 57.4 Å². The molecule has 0 aliphatic carbocycles. The number of carbonyl (C=O) groups is 1. The van der Waals surface area contributed by atoms with E-state index in [0.717, 1.165) is 0 Å². The Morgan fingerprint density at radius 3 is 2.24 bits per heavy atom. The lowest BCUT2D eigenvalue weighted by molar-refractivity contribution is 0.0696. The normalized spacial score (nSPS) is 12.7. The Morgan fingerprint density at radius 1 is 1.29 bits per heavy atom. The summed E-state index contributed by atoms with van der Waals surface area (Å²) in [5.41, 5.74) is 0.674. The van der Waals surface area contributed by atoms with E-state index >= 15 is 0 Å². The second kappa shape index (κ2) is 5.77. The van der Waals surface area contributed by atoms with Crippen LogP contribution in [0.2, 0.25) is 0 Å². The number of carboxylic acids is 1. The maximum atomic E-state index is 12.8. The molecule has 118 valence electrons. The van der Waals surface area contributed by atoms with Gasteiger partial charge in [0.25, 0.3) is 0 Å². The van der Waals surface area contributed by atoms with Crippen molar-refractivity contribution in [3.8, 4) is 0 Å². The largest absolute Gasteiger partial charge is 0.478 e. The summed E-state index contributed by atoms with van der Waals surface area (Å²) < 4.78 is 27.0. The molecule has 0 heterocycles. The van der Waals surface area contributed by atoms with Crippen molar-refractivity contribution in [3.05, 3.63) is 28.8 Å². The molecule has 0 aliphatic heterocycles. The molecule has 5 nitrogen and oxygen atoms in total. The van der Waals surface area contributed by atoms with Gasteiger partial charge in [0.05, 0.1) is 10.5 Å². The highest BCUT2D eigenvalue weighted by molar-refractivity contribution is 7.89. The predicted octanol–water partition coefficient (Wildman–Crippen LogP) is 2.81. The number of nitrogens with zero attached hydrogens (tertiary/aromatic N) is 1. The van der Waals surface area contributed by atoms with Crippen molar-refractivity contribution in [1.82, 2.24) is 4.31 Å². The minimum Gasteiger partial charge on any atom is -0.478 e. The molecule has 0 aliphatic rings. The Labute approximate surface area is 126 Å². The van der Waals surface area contributed by atoms with Gasteiger partial charge in [-0.2, -0.15) is 4.31 Å². The third-order valence-corrected chi connectivity index (χ3v) is 6.42. The van der Waals surface area contributed by atoms with Gasteiger partial charge in [-0.3, -0.25) is 0 Å². The second-order valence-electron chi connectivity index (χ2n) is 5.86. The van der Waals surface area contributed by atoms with Crippen molar-refractivity contribution in [2.24, 2.45) is 0 Å². The molecule has 6 heteroatoms. The smallest absolute Gasteiger partial charge is 0.335 e. The highest BCUT2D eigenvalue weighted by Crippen LogP contribution is 2.29. The van der Waals surface area contributed by atoms with Crippen LogP contribution in [0, 0.1) is 13.8 Å². The van der Waals surface area contributed by atoms with Gasteiger partial charge in [0.2, 0.25) is 10.0 Å². The molecule has 0 atom stereocenters. The minimum atomic E-state index is -3.75. The number of benzene rings is 1. The van der Waals surface area contributed by atoms with Crippen molar-refractivity contribution in [2.45, 2.75) is 51.5 Å². The zero-order valence-electron chi connectivity index (χ0n) is 13.4. The summed E-state index contributed by atoms with van der Waals surface area (Å²) in [6, 6.07) is 2.73. The summed E-state index contributed by atoms with van der Waals surface area (Å²) in [7, 11) is -2.22. The van der Waals surface area contributed by atoms with Crippen molar-refractivity contribution in [3.63, 3.8) is 0 Å². The lowest BCUT2D eigenvalue weighted by Crippen LogP contribution is -2.44. The number of hydrogen-bond donors (Lipinski definition) is 1. The Morgan fingerprint density at radius 2 is 1.81 bits per heavy atom. The van der Waals surface area contributed by atoms with Gasteiger partial charge >= 0.3 is 5.97 Å². The van der Waals surface area contributed by atoms with Crippen LogP contribution in [0.1, 0.15) is 48.7 Å². The summed E-state index contributed by atoms with van der Waals surface area (Å²) in [5.74, 6) is -1.13. The van der Waals surface area contributed by atoms with Crippen molar-refractivity contribution >= 4 is 16.0 Å². The molecular weight excluding hydrogens is 290 g/mol. The van der Waals surface area contributed by atoms with Gasteiger partial charge in [-0.25, -0.2) is 13.2 Å². The summed E-state index contributed by atoms with van der Waals surface area (Å²) in [6.07, 6.45) is 0.652. The number of sulfonamides is 1. The standard InChI is InChI=1S/C15H23NO4S/c1-7-15(4,5)16(6)21(19,20)13-9-12(14(17)18)8-10(2)11(13)3/h8-9H,7H2,1-6H3,(H,17,18). The van der Waals surface area contributed by atoms with E-state index in [-0.39, 0.29) is 10.5 Å². The fraction of sp³-hybridized carbons (Fsp3) is 0.533. The van der Waals surface area contributed by atoms with Crippen molar-refractivity contribution < 1.29 is 18.3 Å². The lowest BCUT2D eigenvalue weighted by atomic mass is 10.0. The van der Waals surface area contributed by atoms with Crippen LogP contribution in [-0.2, 0) is 10.0 Å². The van der Waals surface area contributed by atoms with E-state index in [1.807, 2.05) is 20.8 Å². The predicted molar refractivity (Wildman–Crippen MR) is 82.2 cm³/mol. The van der Waals surface area contributed by atoms with Gasteiger partial charge in [-0.1, -0.05) is 6.92 Å². The van der Waals surface area contributed by atoms with Gasteiger partial charge in [0.1, 0.15) is 0 Å². The number of carboxylic acid groups (broad SMARTS) is 1. The average Bonchev–Trinajstić information content (AvgIpc) is 2.40. The molecule has 21 heavy (non-hydrogen) atoms. The SMILES string of the molecule is CCC(C)(C)N(C)S(=O)(=O)c1cc(C(=O)O)cc(C)c1C. The van der Waals surface area contributed by atoms with Crippen LogP contribution in [0.3, 0.4) is 0 Å². The fourth-order valence-electron chi connectivity index (χ4n) is 1.91. The first kappa shape index (κ1) is 17.7. The molecule has 1 rings (SSSR count). The van der Waals surface area contributed by atoms with Gasteiger partial charge in [-0.15, -0.1) is 0 Å². The molecule has 1 N–H and O–H groups in total. The van der Waals surface area contributed by atoms with E-state index in [4.69, 9.17) is 5.11 Å². The monoisotopic (exact) mass is 313 g/mol. The first-order valence-corrected chi connectivity index (χ1v) is 8.22. The number of aromatic carboxylic acids is 1. The highest BCUT2D eigenvalue weighted by Gasteiger charge is 2.34. The van der Waals surface area contributed by atoms with E-state index in [2.05, 4.69) is 0 Å². The Bertz CT molecular complexity index is 662. The first-order chi connectivity index (χ1) is 9.45. The first-order valence-electron chi connectivity index (χ1n) is 6.78. The average molecular weight is 313 g/mol. The molecule has 1 aromatic rings. The summed E-state index contributed by atoms with van der Waals surface area (Å²) >= 11 is 0. The van der Waals surface area contributed by atoms with Crippen molar-refractivity contribution in [2.75, 3.05) is 7.05 Å². The molecule has 0 amide bonds. The topological polar surface area (TPSA) is 74.7 Å². The minimum absolute atomic E-state index is 0.0145. The van der Waals surface area contributed by atoms with E-state index < -0.39 is 21.5 Å². The fourth-order valence-corrected chi connectivity index (χ4v) is 3.81. The van der Waals surface area contributed by atoms with Gasteiger partial charge < -0.3 is 5.11 Å². The number of rotatable bonds is 5. The molecule has 0 radical (unpaired) electrons. The highest BCUT2D eigenvalue weighted by atomic mass is 32.2. The van der Waals surface area contributed by atoms with Gasteiger partial charge in [0, 0.05) is 12.6 Å². The van der Waals surface area contributed by atoms with Crippen LogP contribution in [0.5, 0.6) is 0 Å². The van der Waals surface area contributed by atoms with Crippen LogP contribution in [0.15, 0.2) is 17.0 Å². The maximum absolute atomic E-state index is 12.8. The Hall–Kier alpha value is -1.40. The Balaban J connectivity index is 3.55. The van der Waals surface area contributed by atoms with Crippen LogP contribution < -0.4 is 0 Å². The van der Waals surface area contributed by atoms with Crippen molar-refractivity contribution in [1.29, 1.82) is 0 Å². The molecule has 0 aromatic heterocycles. The quantitative estimate of drug-likeness (QED) is 0.907. The molecule has 1 aromatic carbocycles. The van der Waals surface area contributed by atoms with E-state index in [9.17, 15) is 13.2 Å². The van der Waals surface area contributed by atoms with E-state index in [0.29, 0.717) is 17.5 Å². The molecule has 0 unspecified atom stereocenters. The Kier molecular flexibility index (Phi) is 4.85. The molecule has 0 bridgehead atoms. The van der Waals surface area contributed by atoms with Crippen LogP contribution >= 0.6 is 0 Å². The number of hydrogen-bond acceptors (Lipinski definition) is 3. The summed E-state index contributed by atoms with van der Waals surface area (Å²) in [5, 5.41) is 9.13. The third kappa shape index (κ3) is 3.27. The summed E-state index contributed by atoms with van der Waals surface area (Å²) in [4.78, 5) is 11.2. The van der Waals surface area contributed by atoms with E-state index in [1.165, 1.54) is 23.5 Å². The van der Waals surface area contributed by atoms with E-state index in [1.54, 1.807) is 13.8 Å². The zero-order chi connectivity index (χ0) is 16.6.